The van der Waals surface area contributed by atoms with Crippen molar-refractivity contribution >= 4 is 28.0 Å². The quantitative estimate of drug-likeness (QED) is 0.802. The predicted molar refractivity (Wildman–Crippen MR) is 77.2 cm³/mol. The van der Waals surface area contributed by atoms with Crippen molar-refractivity contribution in [2.75, 3.05) is 5.32 Å². The van der Waals surface area contributed by atoms with Crippen LogP contribution in [0.2, 0.25) is 0 Å². The highest BCUT2D eigenvalue weighted by atomic mass is 32.1. The molecular weight excluding hydrogens is 274 g/mol. The molecule has 3 heterocycles. The summed E-state index contributed by atoms with van der Waals surface area (Å²) in [6, 6.07) is 3.51. The number of aromatic nitrogens is 4. The predicted octanol–water partition coefficient (Wildman–Crippen LogP) is 2.31. The maximum atomic E-state index is 12.2. The first-order chi connectivity index (χ1) is 9.65. The number of anilines is 1. The molecule has 1 N–H and O–H groups in total. The fourth-order valence-corrected chi connectivity index (χ4v) is 2.54. The SMILES string of the molecule is CCc1nnc(NC(=O)c2ccn3cc(C)nc3c2)s1. The van der Waals surface area contributed by atoms with Gasteiger partial charge in [0.25, 0.3) is 5.91 Å². The Morgan fingerprint density at radius 2 is 2.30 bits per heavy atom. The Hall–Kier alpha value is -2.28. The molecule has 0 aliphatic carbocycles. The molecule has 0 radical (unpaired) electrons. The summed E-state index contributed by atoms with van der Waals surface area (Å²) in [6.45, 7) is 3.92. The van der Waals surface area contributed by atoms with Crippen LogP contribution in [-0.2, 0) is 6.42 Å². The average molecular weight is 287 g/mol. The van der Waals surface area contributed by atoms with Crippen molar-refractivity contribution in [3.63, 3.8) is 0 Å². The molecule has 3 rings (SSSR count). The number of amides is 1. The third kappa shape index (κ3) is 2.39. The molecule has 0 spiro atoms. The third-order valence-electron chi connectivity index (χ3n) is 2.83. The number of hydrogen-bond donors (Lipinski definition) is 1. The Kier molecular flexibility index (Phi) is 3.19. The van der Waals surface area contributed by atoms with Crippen LogP contribution in [0.25, 0.3) is 5.65 Å². The van der Waals surface area contributed by atoms with Gasteiger partial charge in [0.15, 0.2) is 0 Å². The van der Waals surface area contributed by atoms with E-state index in [2.05, 4.69) is 20.5 Å². The number of imidazole rings is 1. The van der Waals surface area contributed by atoms with E-state index in [0.29, 0.717) is 10.7 Å². The summed E-state index contributed by atoms with van der Waals surface area (Å²) < 4.78 is 1.88. The second-order valence-corrected chi connectivity index (χ2v) is 5.43. The van der Waals surface area contributed by atoms with Gasteiger partial charge in [0.2, 0.25) is 5.13 Å². The van der Waals surface area contributed by atoms with E-state index in [4.69, 9.17) is 0 Å². The zero-order valence-electron chi connectivity index (χ0n) is 11.1. The van der Waals surface area contributed by atoms with E-state index < -0.39 is 0 Å². The van der Waals surface area contributed by atoms with Crippen LogP contribution < -0.4 is 5.32 Å². The summed E-state index contributed by atoms with van der Waals surface area (Å²) in [5, 5.41) is 12.1. The van der Waals surface area contributed by atoms with Crippen molar-refractivity contribution in [3.05, 3.63) is 40.8 Å². The van der Waals surface area contributed by atoms with Gasteiger partial charge >= 0.3 is 0 Å². The van der Waals surface area contributed by atoms with Gasteiger partial charge in [0.1, 0.15) is 10.7 Å². The Bertz CT molecular complexity index is 776. The first-order valence-corrected chi connectivity index (χ1v) is 7.06. The molecule has 102 valence electrons. The highest BCUT2D eigenvalue weighted by Gasteiger charge is 2.11. The van der Waals surface area contributed by atoms with Crippen LogP contribution in [-0.4, -0.2) is 25.5 Å². The molecule has 1 amide bonds. The lowest BCUT2D eigenvalue weighted by Gasteiger charge is -2.01. The van der Waals surface area contributed by atoms with Gasteiger partial charge in [-0.05, 0) is 25.5 Å². The average Bonchev–Trinajstić information content (AvgIpc) is 3.02. The summed E-state index contributed by atoms with van der Waals surface area (Å²) >= 11 is 1.39. The summed E-state index contributed by atoms with van der Waals surface area (Å²) in [4.78, 5) is 16.5. The minimum Gasteiger partial charge on any atom is -0.307 e. The maximum Gasteiger partial charge on any atom is 0.257 e. The molecule has 20 heavy (non-hydrogen) atoms. The lowest BCUT2D eigenvalue weighted by Crippen LogP contribution is -2.12. The van der Waals surface area contributed by atoms with Gasteiger partial charge in [0, 0.05) is 18.0 Å². The minimum atomic E-state index is -0.202. The molecule has 6 nitrogen and oxygen atoms in total. The molecule has 0 bridgehead atoms. The second kappa shape index (κ2) is 5.01. The van der Waals surface area contributed by atoms with Crippen LogP contribution in [0, 0.1) is 6.92 Å². The zero-order chi connectivity index (χ0) is 14.1. The molecular formula is C13H13N5OS. The smallest absolute Gasteiger partial charge is 0.257 e. The number of nitrogens with zero attached hydrogens (tertiary/aromatic N) is 4. The molecule has 0 unspecified atom stereocenters. The van der Waals surface area contributed by atoms with Crippen molar-refractivity contribution in [2.45, 2.75) is 20.3 Å². The fraction of sp³-hybridized carbons (Fsp3) is 0.231. The summed E-state index contributed by atoms with van der Waals surface area (Å²) in [5.74, 6) is -0.202. The Morgan fingerprint density at radius 1 is 1.45 bits per heavy atom. The topological polar surface area (TPSA) is 72.2 Å². The van der Waals surface area contributed by atoms with E-state index in [9.17, 15) is 4.79 Å². The molecule has 0 aliphatic rings. The molecule has 3 aromatic rings. The van der Waals surface area contributed by atoms with Crippen LogP contribution in [0.15, 0.2) is 24.5 Å². The van der Waals surface area contributed by atoms with Crippen molar-refractivity contribution in [2.24, 2.45) is 0 Å². The molecule has 0 saturated carbocycles. The Labute approximate surface area is 119 Å². The molecule has 3 aromatic heterocycles. The van der Waals surface area contributed by atoms with Crippen LogP contribution in [0.3, 0.4) is 0 Å². The van der Waals surface area contributed by atoms with Crippen LogP contribution in [0.4, 0.5) is 5.13 Å². The van der Waals surface area contributed by atoms with Gasteiger partial charge in [-0.25, -0.2) is 4.98 Å². The van der Waals surface area contributed by atoms with Crippen LogP contribution >= 0.6 is 11.3 Å². The third-order valence-corrected chi connectivity index (χ3v) is 3.82. The van der Waals surface area contributed by atoms with Crippen LogP contribution in [0.1, 0.15) is 28.0 Å². The van der Waals surface area contributed by atoms with E-state index in [0.717, 1.165) is 22.8 Å². The molecule has 0 fully saturated rings. The maximum absolute atomic E-state index is 12.2. The number of carbonyl (C=O) groups excluding carboxylic acids is 1. The molecule has 0 atom stereocenters. The van der Waals surface area contributed by atoms with Crippen molar-refractivity contribution in [3.8, 4) is 0 Å². The van der Waals surface area contributed by atoms with Crippen LogP contribution in [0.5, 0.6) is 0 Å². The highest BCUT2D eigenvalue weighted by molar-refractivity contribution is 7.15. The zero-order valence-corrected chi connectivity index (χ0v) is 11.9. The highest BCUT2D eigenvalue weighted by Crippen LogP contribution is 2.17. The van der Waals surface area contributed by atoms with Gasteiger partial charge < -0.3 is 4.40 Å². The summed E-state index contributed by atoms with van der Waals surface area (Å²) in [5.41, 5.74) is 2.22. The summed E-state index contributed by atoms with van der Waals surface area (Å²) in [7, 11) is 0. The number of pyridine rings is 1. The number of rotatable bonds is 3. The molecule has 0 aliphatic heterocycles. The van der Waals surface area contributed by atoms with E-state index >= 15 is 0 Å². The van der Waals surface area contributed by atoms with Crippen molar-refractivity contribution < 1.29 is 4.79 Å². The number of nitrogens with one attached hydrogen (secondary N) is 1. The normalized spacial score (nSPS) is 10.9. The van der Waals surface area contributed by atoms with Gasteiger partial charge in [-0.3, -0.25) is 10.1 Å². The number of aryl methyl sites for hydroxylation is 2. The first-order valence-electron chi connectivity index (χ1n) is 6.25. The monoisotopic (exact) mass is 287 g/mol. The lowest BCUT2D eigenvalue weighted by molar-refractivity contribution is 0.102. The second-order valence-electron chi connectivity index (χ2n) is 4.37. The number of hydrogen-bond acceptors (Lipinski definition) is 5. The van der Waals surface area contributed by atoms with E-state index in [-0.39, 0.29) is 5.91 Å². The summed E-state index contributed by atoms with van der Waals surface area (Å²) in [6.07, 6.45) is 4.55. The van der Waals surface area contributed by atoms with Crippen molar-refractivity contribution in [1.29, 1.82) is 0 Å². The molecule has 7 heteroatoms. The van der Waals surface area contributed by atoms with Gasteiger partial charge in [-0.1, -0.05) is 18.3 Å². The lowest BCUT2D eigenvalue weighted by atomic mass is 10.2. The van der Waals surface area contributed by atoms with Gasteiger partial charge in [0.05, 0.1) is 5.69 Å². The largest absolute Gasteiger partial charge is 0.307 e. The minimum absolute atomic E-state index is 0.202. The number of carbonyl (C=O) groups is 1. The van der Waals surface area contributed by atoms with Gasteiger partial charge in [-0.2, -0.15) is 0 Å². The fourth-order valence-electron chi connectivity index (χ4n) is 1.87. The molecule has 0 saturated heterocycles. The Balaban J connectivity index is 1.84. The van der Waals surface area contributed by atoms with Crippen molar-refractivity contribution in [1.82, 2.24) is 19.6 Å². The Morgan fingerprint density at radius 3 is 3.05 bits per heavy atom. The van der Waals surface area contributed by atoms with E-state index in [1.807, 2.05) is 30.6 Å². The number of fused-ring (bicyclic) bond motifs is 1. The van der Waals surface area contributed by atoms with Gasteiger partial charge in [-0.15, -0.1) is 10.2 Å². The van der Waals surface area contributed by atoms with E-state index in [1.54, 1.807) is 12.1 Å². The van der Waals surface area contributed by atoms with E-state index in [1.165, 1.54) is 11.3 Å². The molecule has 0 aromatic carbocycles. The first kappa shape index (κ1) is 12.7. The standard InChI is InChI=1S/C13H13N5OS/c1-3-11-16-17-13(20-11)15-12(19)9-4-5-18-7-8(2)14-10(18)6-9/h4-7H,3H2,1-2H3,(H,15,17,19).